The van der Waals surface area contributed by atoms with Crippen LogP contribution in [0.25, 0.3) is 0 Å². The van der Waals surface area contributed by atoms with E-state index >= 15 is 0 Å². The second kappa shape index (κ2) is 21.7. The molecule has 1 aliphatic rings. The Labute approximate surface area is 236 Å². The van der Waals surface area contributed by atoms with E-state index in [1.54, 1.807) is 4.90 Å². The molecular weight excluding hydrogens is 498 g/mol. The van der Waals surface area contributed by atoms with Crippen LogP contribution in [0.1, 0.15) is 130 Å². The molecule has 226 valence electrons. The Bertz CT molecular complexity index is 711. The number of ether oxygens (including phenoxy) is 3. The van der Waals surface area contributed by atoms with Crippen LogP contribution in [0.2, 0.25) is 0 Å². The summed E-state index contributed by atoms with van der Waals surface area (Å²) in [6.07, 6.45) is 14.1. The van der Waals surface area contributed by atoms with Gasteiger partial charge in [-0.25, -0.2) is 0 Å². The van der Waals surface area contributed by atoms with Crippen LogP contribution < -0.4 is 0 Å². The topological polar surface area (TPSA) is 99.2 Å². The normalized spacial score (nSPS) is 17.6. The maximum absolute atomic E-state index is 12.7. The smallest absolute Gasteiger partial charge is 0.306 e. The predicted molar refractivity (Wildman–Crippen MR) is 152 cm³/mol. The van der Waals surface area contributed by atoms with Gasteiger partial charge in [-0.05, 0) is 25.2 Å². The fourth-order valence-corrected chi connectivity index (χ4v) is 5.06. The van der Waals surface area contributed by atoms with E-state index in [-0.39, 0.29) is 49.9 Å². The summed E-state index contributed by atoms with van der Waals surface area (Å²) in [6, 6.07) is -0.127. The summed E-state index contributed by atoms with van der Waals surface area (Å²) in [4.78, 5) is 51.0. The number of hydrogen-bond donors (Lipinski definition) is 0. The number of rotatable bonds is 22. The molecule has 1 heterocycles. The van der Waals surface area contributed by atoms with Crippen LogP contribution in [0.15, 0.2) is 0 Å². The molecule has 0 aromatic carbocycles. The Kier molecular flexibility index (Phi) is 19.4. The van der Waals surface area contributed by atoms with Crippen molar-refractivity contribution in [1.29, 1.82) is 0 Å². The van der Waals surface area contributed by atoms with Crippen LogP contribution in [0, 0.1) is 11.8 Å². The van der Waals surface area contributed by atoms with Crippen LogP contribution in [-0.4, -0.2) is 61.1 Å². The molecule has 39 heavy (non-hydrogen) atoms. The molecule has 0 radical (unpaired) electrons. The van der Waals surface area contributed by atoms with Crippen molar-refractivity contribution in [3.05, 3.63) is 0 Å². The summed E-state index contributed by atoms with van der Waals surface area (Å²) >= 11 is 0. The number of amides is 1. The highest BCUT2D eigenvalue weighted by molar-refractivity contribution is 5.75. The Morgan fingerprint density at radius 3 is 1.92 bits per heavy atom. The molecule has 3 unspecified atom stereocenters. The molecule has 0 N–H and O–H groups in total. The minimum Gasteiger partial charge on any atom is -0.466 e. The zero-order chi connectivity index (χ0) is 28.9. The summed E-state index contributed by atoms with van der Waals surface area (Å²) in [6.45, 7) is 9.09. The standard InChI is InChI=1S/C31H55NO7/c1-5-7-9-11-13-15-17-29(34)38-23-27(20-30(35)37-18-16-14-12-10-8-6-2)21-31(36)39-24-28-19-25(3)22-32(28)26(4)33/h25,27-28H,5-24H2,1-4H3. The molecule has 1 rings (SSSR count). The number of esters is 3. The predicted octanol–water partition coefficient (Wildman–Crippen LogP) is 6.38. The lowest BCUT2D eigenvalue weighted by Gasteiger charge is -2.23. The van der Waals surface area contributed by atoms with Gasteiger partial charge < -0.3 is 19.1 Å². The van der Waals surface area contributed by atoms with Crippen LogP contribution in [0.4, 0.5) is 0 Å². The SMILES string of the molecule is CCCCCCCCOC(=O)CC(COC(=O)CCCCCCCC)CC(=O)OCC1CC(C)CN1C(C)=O. The van der Waals surface area contributed by atoms with Gasteiger partial charge in [0.05, 0.1) is 32.1 Å². The van der Waals surface area contributed by atoms with Crippen LogP contribution >= 0.6 is 0 Å². The van der Waals surface area contributed by atoms with Gasteiger partial charge in [0.15, 0.2) is 0 Å². The van der Waals surface area contributed by atoms with E-state index in [0.717, 1.165) is 44.9 Å². The van der Waals surface area contributed by atoms with Gasteiger partial charge >= 0.3 is 17.9 Å². The molecule has 8 heteroatoms. The number of likely N-dealkylation sites (tertiary alicyclic amines) is 1. The molecule has 1 aliphatic heterocycles. The lowest BCUT2D eigenvalue weighted by Crippen LogP contribution is -2.37. The summed E-state index contributed by atoms with van der Waals surface area (Å²) in [5.41, 5.74) is 0. The Balaban J connectivity index is 2.50. The summed E-state index contributed by atoms with van der Waals surface area (Å²) < 4.78 is 16.3. The molecule has 8 nitrogen and oxygen atoms in total. The first-order chi connectivity index (χ1) is 18.8. The van der Waals surface area contributed by atoms with E-state index in [1.807, 2.05) is 0 Å². The summed E-state index contributed by atoms with van der Waals surface area (Å²) in [5, 5.41) is 0. The van der Waals surface area contributed by atoms with E-state index in [9.17, 15) is 19.2 Å². The average molecular weight is 554 g/mol. The number of hydrogen-bond acceptors (Lipinski definition) is 7. The van der Waals surface area contributed by atoms with Gasteiger partial charge in [-0.15, -0.1) is 0 Å². The number of carbonyl (C=O) groups excluding carboxylic acids is 4. The highest BCUT2D eigenvalue weighted by atomic mass is 16.5. The molecule has 1 fully saturated rings. The molecule has 0 spiro atoms. The molecule has 0 saturated carbocycles. The largest absolute Gasteiger partial charge is 0.466 e. The van der Waals surface area contributed by atoms with Crippen molar-refractivity contribution in [3.63, 3.8) is 0 Å². The Morgan fingerprint density at radius 2 is 1.31 bits per heavy atom. The van der Waals surface area contributed by atoms with Gasteiger partial charge in [0.25, 0.3) is 0 Å². The molecule has 0 aromatic heterocycles. The second-order valence-electron chi connectivity index (χ2n) is 11.3. The third-order valence-electron chi connectivity index (χ3n) is 7.35. The zero-order valence-corrected chi connectivity index (χ0v) is 25.2. The van der Waals surface area contributed by atoms with Crippen molar-refractivity contribution in [2.24, 2.45) is 11.8 Å². The monoisotopic (exact) mass is 553 g/mol. The molecule has 3 atom stereocenters. The number of carbonyl (C=O) groups is 4. The summed E-state index contributed by atoms with van der Waals surface area (Å²) in [5.74, 6) is -1.32. The fraction of sp³-hybridized carbons (Fsp3) is 0.871. The first kappa shape index (κ1) is 34.9. The minimum absolute atomic E-state index is 0.00470. The quantitative estimate of drug-likeness (QED) is 0.0871. The third-order valence-corrected chi connectivity index (χ3v) is 7.35. The van der Waals surface area contributed by atoms with Gasteiger partial charge in [0, 0.05) is 25.8 Å². The van der Waals surface area contributed by atoms with E-state index in [1.165, 1.54) is 45.4 Å². The van der Waals surface area contributed by atoms with E-state index in [4.69, 9.17) is 14.2 Å². The van der Waals surface area contributed by atoms with Gasteiger partial charge in [-0.3, -0.25) is 19.2 Å². The molecular formula is C31H55NO7. The fourth-order valence-electron chi connectivity index (χ4n) is 5.06. The third kappa shape index (κ3) is 17.2. The van der Waals surface area contributed by atoms with E-state index in [0.29, 0.717) is 25.5 Å². The van der Waals surface area contributed by atoms with Crippen molar-refractivity contribution in [3.8, 4) is 0 Å². The summed E-state index contributed by atoms with van der Waals surface area (Å²) in [7, 11) is 0. The van der Waals surface area contributed by atoms with Gasteiger partial charge in [-0.1, -0.05) is 85.0 Å². The van der Waals surface area contributed by atoms with Crippen LogP contribution in [0.5, 0.6) is 0 Å². The van der Waals surface area contributed by atoms with E-state index < -0.39 is 11.9 Å². The highest BCUT2D eigenvalue weighted by Gasteiger charge is 2.32. The minimum atomic E-state index is -0.505. The van der Waals surface area contributed by atoms with Crippen molar-refractivity contribution < 1.29 is 33.4 Å². The van der Waals surface area contributed by atoms with E-state index in [2.05, 4.69) is 20.8 Å². The van der Waals surface area contributed by atoms with Gasteiger partial charge in [0.2, 0.25) is 5.91 Å². The van der Waals surface area contributed by atoms with Crippen molar-refractivity contribution in [2.45, 2.75) is 136 Å². The number of nitrogens with zero attached hydrogens (tertiary/aromatic N) is 1. The van der Waals surface area contributed by atoms with Gasteiger partial charge in [0.1, 0.15) is 6.61 Å². The van der Waals surface area contributed by atoms with Gasteiger partial charge in [-0.2, -0.15) is 0 Å². The first-order valence-electron chi connectivity index (χ1n) is 15.5. The lowest BCUT2D eigenvalue weighted by atomic mass is 10.0. The number of unbranched alkanes of at least 4 members (excludes halogenated alkanes) is 10. The first-order valence-corrected chi connectivity index (χ1v) is 15.5. The van der Waals surface area contributed by atoms with Crippen molar-refractivity contribution >= 4 is 23.8 Å². The molecule has 0 aliphatic carbocycles. The lowest BCUT2D eigenvalue weighted by molar-refractivity contribution is -0.154. The average Bonchev–Trinajstić information content (AvgIpc) is 3.28. The van der Waals surface area contributed by atoms with Crippen LogP contribution in [-0.2, 0) is 33.4 Å². The highest BCUT2D eigenvalue weighted by Crippen LogP contribution is 2.23. The van der Waals surface area contributed by atoms with Crippen molar-refractivity contribution in [1.82, 2.24) is 4.90 Å². The molecule has 1 amide bonds. The maximum atomic E-state index is 12.7. The molecule has 0 bridgehead atoms. The zero-order valence-electron chi connectivity index (χ0n) is 25.2. The van der Waals surface area contributed by atoms with Crippen LogP contribution in [0.3, 0.4) is 0 Å². The van der Waals surface area contributed by atoms with Crippen molar-refractivity contribution in [2.75, 3.05) is 26.4 Å². The molecule has 0 aromatic rings. The Hall–Kier alpha value is -2.12. The molecule has 1 saturated heterocycles. The Morgan fingerprint density at radius 1 is 0.744 bits per heavy atom. The maximum Gasteiger partial charge on any atom is 0.306 e. The second-order valence-corrected chi connectivity index (χ2v) is 11.3.